The normalized spacial score (nSPS) is 35.2. The molecule has 0 amide bonds. The fourth-order valence-corrected chi connectivity index (χ4v) is 1.89. The fourth-order valence-electron chi connectivity index (χ4n) is 1.89. The highest BCUT2D eigenvalue weighted by Crippen LogP contribution is 2.35. The SMILES string of the molecule is CC=C1C(C)CCC1C. The van der Waals surface area contributed by atoms with Crippen molar-refractivity contribution in [2.75, 3.05) is 0 Å². The fraction of sp³-hybridized carbons (Fsp3) is 0.778. The van der Waals surface area contributed by atoms with Crippen LogP contribution in [0.2, 0.25) is 0 Å². The third-order valence-corrected chi connectivity index (χ3v) is 2.50. The van der Waals surface area contributed by atoms with Gasteiger partial charge in [-0.3, -0.25) is 0 Å². The average molecular weight is 124 g/mol. The van der Waals surface area contributed by atoms with Gasteiger partial charge < -0.3 is 0 Å². The van der Waals surface area contributed by atoms with E-state index >= 15 is 0 Å². The molecule has 0 N–H and O–H groups in total. The van der Waals surface area contributed by atoms with Crippen molar-refractivity contribution >= 4 is 0 Å². The summed E-state index contributed by atoms with van der Waals surface area (Å²) in [5, 5.41) is 0. The van der Waals surface area contributed by atoms with Crippen LogP contribution in [0.3, 0.4) is 0 Å². The molecule has 0 aromatic rings. The van der Waals surface area contributed by atoms with Crippen LogP contribution in [0.15, 0.2) is 11.6 Å². The molecule has 1 saturated carbocycles. The number of rotatable bonds is 0. The highest BCUT2D eigenvalue weighted by Gasteiger charge is 2.21. The van der Waals surface area contributed by atoms with Gasteiger partial charge in [-0.05, 0) is 31.6 Å². The van der Waals surface area contributed by atoms with Crippen LogP contribution >= 0.6 is 0 Å². The minimum absolute atomic E-state index is 0.866. The molecule has 1 fully saturated rings. The molecular formula is C9H16. The van der Waals surface area contributed by atoms with E-state index in [4.69, 9.17) is 0 Å². The zero-order valence-electron chi connectivity index (χ0n) is 6.65. The summed E-state index contributed by atoms with van der Waals surface area (Å²) in [6.07, 6.45) is 5.10. The summed E-state index contributed by atoms with van der Waals surface area (Å²) in [6.45, 7) is 6.82. The van der Waals surface area contributed by atoms with Crippen molar-refractivity contribution in [2.45, 2.75) is 33.6 Å². The van der Waals surface area contributed by atoms with Crippen molar-refractivity contribution in [3.63, 3.8) is 0 Å². The highest BCUT2D eigenvalue weighted by molar-refractivity contribution is 5.12. The van der Waals surface area contributed by atoms with Crippen LogP contribution in [-0.2, 0) is 0 Å². The van der Waals surface area contributed by atoms with Crippen LogP contribution < -0.4 is 0 Å². The maximum Gasteiger partial charge on any atom is -0.0229 e. The first-order chi connectivity index (χ1) is 4.25. The summed E-state index contributed by atoms with van der Waals surface area (Å²) in [6, 6.07) is 0. The molecule has 0 spiro atoms. The van der Waals surface area contributed by atoms with Gasteiger partial charge in [-0.25, -0.2) is 0 Å². The van der Waals surface area contributed by atoms with E-state index in [-0.39, 0.29) is 0 Å². The molecule has 0 bridgehead atoms. The summed E-state index contributed by atoms with van der Waals surface area (Å²) < 4.78 is 0. The van der Waals surface area contributed by atoms with E-state index in [1.165, 1.54) is 12.8 Å². The maximum absolute atomic E-state index is 2.33. The second-order valence-corrected chi connectivity index (χ2v) is 3.17. The first kappa shape index (κ1) is 6.85. The monoisotopic (exact) mass is 124 g/mol. The topological polar surface area (TPSA) is 0 Å². The zero-order chi connectivity index (χ0) is 6.85. The van der Waals surface area contributed by atoms with Gasteiger partial charge in [0.1, 0.15) is 0 Å². The summed E-state index contributed by atoms with van der Waals surface area (Å²) >= 11 is 0. The van der Waals surface area contributed by atoms with Gasteiger partial charge in [-0.1, -0.05) is 25.5 Å². The van der Waals surface area contributed by atoms with Crippen molar-refractivity contribution in [1.82, 2.24) is 0 Å². The van der Waals surface area contributed by atoms with Crippen molar-refractivity contribution in [1.29, 1.82) is 0 Å². The lowest BCUT2D eigenvalue weighted by Crippen LogP contribution is -1.93. The molecule has 0 nitrogen and oxygen atoms in total. The average Bonchev–Trinajstić information content (AvgIpc) is 2.12. The molecule has 1 aliphatic carbocycles. The van der Waals surface area contributed by atoms with Gasteiger partial charge in [0.2, 0.25) is 0 Å². The smallest absolute Gasteiger partial charge is 0.0229 e. The van der Waals surface area contributed by atoms with Gasteiger partial charge in [0, 0.05) is 0 Å². The Kier molecular flexibility index (Phi) is 1.94. The molecular weight excluding hydrogens is 108 g/mol. The number of hydrogen-bond donors (Lipinski definition) is 0. The Morgan fingerprint density at radius 3 is 1.89 bits per heavy atom. The Hall–Kier alpha value is -0.260. The van der Waals surface area contributed by atoms with E-state index in [0.29, 0.717) is 0 Å². The molecule has 2 atom stereocenters. The van der Waals surface area contributed by atoms with Crippen LogP contribution in [0, 0.1) is 11.8 Å². The predicted molar refractivity (Wildman–Crippen MR) is 41.3 cm³/mol. The Labute approximate surface area is 58.0 Å². The third kappa shape index (κ3) is 1.17. The Balaban J connectivity index is 2.66. The highest BCUT2D eigenvalue weighted by atomic mass is 14.3. The second-order valence-electron chi connectivity index (χ2n) is 3.17. The van der Waals surface area contributed by atoms with Crippen LogP contribution in [0.4, 0.5) is 0 Å². The van der Waals surface area contributed by atoms with Crippen LogP contribution in [0.5, 0.6) is 0 Å². The Morgan fingerprint density at radius 1 is 1.22 bits per heavy atom. The van der Waals surface area contributed by atoms with E-state index in [9.17, 15) is 0 Å². The molecule has 2 unspecified atom stereocenters. The standard InChI is InChI=1S/C9H16/c1-4-9-7(2)5-6-8(9)3/h4,7-8H,5-6H2,1-3H3. The summed E-state index contributed by atoms with van der Waals surface area (Å²) in [5.41, 5.74) is 1.68. The summed E-state index contributed by atoms with van der Waals surface area (Å²) in [5.74, 6) is 1.73. The van der Waals surface area contributed by atoms with Crippen LogP contribution in [-0.4, -0.2) is 0 Å². The Morgan fingerprint density at radius 2 is 1.67 bits per heavy atom. The van der Waals surface area contributed by atoms with E-state index in [0.717, 1.165) is 11.8 Å². The lowest BCUT2D eigenvalue weighted by molar-refractivity contribution is 0.677. The number of hydrogen-bond acceptors (Lipinski definition) is 0. The van der Waals surface area contributed by atoms with E-state index in [1.54, 1.807) is 5.57 Å². The van der Waals surface area contributed by atoms with Gasteiger partial charge in [-0.2, -0.15) is 0 Å². The Bertz CT molecular complexity index is 110. The lowest BCUT2D eigenvalue weighted by atomic mass is 10.00. The minimum atomic E-state index is 0.866. The van der Waals surface area contributed by atoms with Gasteiger partial charge >= 0.3 is 0 Å². The predicted octanol–water partition coefficient (Wildman–Crippen LogP) is 3.00. The third-order valence-electron chi connectivity index (χ3n) is 2.50. The minimum Gasteiger partial charge on any atom is -0.0879 e. The molecule has 1 rings (SSSR count). The van der Waals surface area contributed by atoms with Crippen molar-refractivity contribution < 1.29 is 0 Å². The van der Waals surface area contributed by atoms with Gasteiger partial charge in [0.15, 0.2) is 0 Å². The zero-order valence-corrected chi connectivity index (χ0v) is 6.65. The molecule has 0 saturated heterocycles. The van der Waals surface area contributed by atoms with Crippen LogP contribution in [0.25, 0.3) is 0 Å². The van der Waals surface area contributed by atoms with Gasteiger partial charge in [-0.15, -0.1) is 0 Å². The lowest BCUT2D eigenvalue weighted by Gasteiger charge is -2.06. The van der Waals surface area contributed by atoms with Crippen molar-refractivity contribution in [3.05, 3.63) is 11.6 Å². The van der Waals surface area contributed by atoms with E-state index in [1.807, 2.05) is 0 Å². The molecule has 0 aliphatic heterocycles. The summed E-state index contributed by atoms with van der Waals surface area (Å²) in [4.78, 5) is 0. The van der Waals surface area contributed by atoms with Crippen molar-refractivity contribution in [3.8, 4) is 0 Å². The molecule has 9 heavy (non-hydrogen) atoms. The van der Waals surface area contributed by atoms with Crippen LogP contribution in [0.1, 0.15) is 33.6 Å². The molecule has 0 aromatic heterocycles. The largest absolute Gasteiger partial charge is 0.0879 e. The quantitative estimate of drug-likeness (QED) is 0.435. The first-order valence-electron chi connectivity index (χ1n) is 3.91. The first-order valence-corrected chi connectivity index (χ1v) is 3.91. The second kappa shape index (κ2) is 2.55. The molecule has 0 heterocycles. The number of allylic oxidation sites excluding steroid dienone is 2. The molecule has 0 radical (unpaired) electrons. The summed E-state index contributed by atoms with van der Waals surface area (Å²) in [7, 11) is 0. The molecule has 1 aliphatic rings. The van der Waals surface area contributed by atoms with Crippen molar-refractivity contribution in [2.24, 2.45) is 11.8 Å². The maximum atomic E-state index is 2.33. The van der Waals surface area contributed by atoms with Gasteiger partial charge in [0.05, 0.1) is 0 Å². The van der Waals surface area contributed by atoms with Gasteiger partial charge in [0.25, 0.3) is 0 Å². The van der Waals surface area contributed by atoms with E-state index in [2.05, 4.69) is 26.8 Å². The van der Waals surface area contributed by atoms with E-state index < -0.39 is 0 Å². The molecule has 52 valence electrons. The molecule has 0 heteroatoms. The molecule has 0 aromatic carbocycles.